The maximum Gasteiger partial charge on any atom is 0.231 e. The fraction of sp³-hybridized carbons (Fsp3) is 0.556. The van der Waals surface area contributed by atoms with Gasteiger partial charge in [0.2, 0.25) is 22.2 Å². The fourth-order valence-corrected chi connectivity index (χ4v) is 2.38. The van der Waals surface area contributed by atoms with Crippen LogP contribution in [0.5, 0.6) is 0 Å². The fourth-order valence-electron chi connectivity index (χ4n) is 1.70. The number of anilines is 2. The molecule has 1 saturated heterocycles. The topological polar surface area (TPSA) is 121 Å². The third-order valence-corrected chi connectivity index (χ3v) is 3.57. The highest BCUT2D eigenvalue weighted by molar-refractivity contribution is 7.99. The smallest absolute Gasteiger partial charge is 0.231 e. The van der Waals surface area contributed by atoms with Crippen molar-refractivity contribution in [1.82, 2.24) is 35.2 Å². The second-order valence-corrected chi connectivity index (χ2v) is 5.00. The first-order chi connectivity index (χ1) is 9.72. The van der Waals surface area contributed by atoms with Gasteiger partial charge >= 0.3 is 0 Å². The molecule has 0 aliphatic carbocycles. The van der Waals surface area contributed by atoms with E-state index in [2.05, 4.69) is 30.5 Å². The van der Waals surface area contributed by atoms with E-state index in [1.165, 1.54) is 11.8 Å². The summed E-state index contributed by atoms with van der Waals surface area (Å²) in [6.07, 6.45) is 0. The number of nitrogen functional groups attached to an aromatic ring is 1. The molecule has 0 aromatic carbocycles. The van der Waals surface area contributed by atoms with Gasteiger partial charge in [0.25, 0.3) is 0 Å². The number of tetrazole rings is 1. The van der Waals surface area contributed by atoms with E-state index in [-0.39, 0.29) is 5.95 Å². The van der Waals surface area contributed by atoms with Crippen molar-refractivity contribution in [2.75, 3.05) is 36.9 Å². The average Bonchev–Trinajstić information content (AvgIpc) is 2.85. The molecule has 1 aliphatic heterocycles. The molecule has 2 aromatic heterocycles. The summed E-state index contributed by atoms with van der Waals surface area (Å²) in [6, 6.07) is 0. The Hall–Kier alpha value is -2.01. The van der Waals surface area contributed by atoms with E-state index < -0.39 is 0 Å². The van der Waals surface area contributed by atoms with E-state index in [1.54, 1.807) is 11.7 Å². The van der Waals surface area contributed by atoms with Crippen LogP contribution in [0, 0.1) is 0 Å². The maximum atomic E-state index is 5.74. The second-order valence-electron chi connectivity index (χ2n) is 4.06. The van der Waals surface area contributed by atoms with Crippen LogP contribution in [0.15, 0.2) is 10.3 Å². The van der Waals surface area contributed by atoms with E-state index in [0.29, 0.717) is 29.5 Å². The molecule has 2 aromatic rings. The van der Waals surface area contributed by atoms with Gasteiger partial charge in [0.1, 0.15) is 0 Å². The molecule has 11 heteroatoms. The summed E-state index contributed by atoms with van der Waals surface area (Å²) in [5.74, 6) is 0.734. The Bertz CT molecular complexity index is 597. The summed E-state index contributed by atoms with van der Waals surface area (Å²) in [7, 11) is 1.75. The molecular formula is C9H13N9OS. The monoisotopic (exact) mass is 295 g/mol. The number of hydrogen-bond acceptors (Lipinski definition) is 10. The maximum absolute atomic E-state index is 5.74. The number of aryl methyl sites for hydroxylation is 1. The number of hydrogen-bond donors (Lipinski definition) is 1. The molecule has 3 heterocycles. The molecule has 0 unspecified atom stereocenters. The molecule has 10 nitrogen and oxygen atoms in total. The lowest BCUT2D eigenvalue weighted by molar-refractivity contribution is 0.122. The van der Waals surface area contributed by atoms with Gasteiger partial charge in [-0.25, -0.2) is 4.68 Å². The van der Waals surface area contributed by atoms with E-state index in [1.807, 2.05) is 4.90 Å². The van der Waals surface area contributed by atoms with Crippen LogP contribution in [0.3, 0.4) is 0 Å². The van der Waals surface area contributed by atoms with Crippen LogP contribution >= 0.6 is 11.8 Å². The number of nitrogens with two attached hydrogens (primary N) is 1. The van der Waals surface area contributed by atoms with E-state index in [9.17, 15) is 0 Å². The van der Waals surface area contributed by atoms with Crippen molar-refractivity contribution in [3.05, 3.63) is 0 Å². The minimum Gasteiger partial charge on any atom is -0.378 e. The van der Waals surface area contributed by atoms with Gasteiger partial charge in [-0.2, -0.15) is 15.0 Å². The molecule has 0 atom stereocenters. The first-order valence-corrected chi connectivity index (χ1v) is 6.78. The third-order valence-electron chi connectivity index (χ3n) is 2.68. The van der Waals surface area contributed by atoms with Crippen LogP contribution in [0.4, 0.5) is 11.9 Å². The number of rotatable bonds is 3. The highest BCUT2D eigenvalue weighted by Gasteiger charge is 2.17. The standard InChI is InChI=1S/C9H13N9OS/c1-17-9(14-15-16-17)20-8-12-6(10)11-7(13-8)18-2-4-19-5-3-18/h2-5H2,1H3,(H2,10,11,12,13). The van der Waals surface area contributed by atoms with Crippen LogP contribution in [0.25, 0.3) is 0 Å². The third kappa shape index (κ3) is 2.77. The zero-order valence-electron chi connectivity index (χ0n) is 10.8. The van der Waals surface area contributed by atoms with Crippen molar-refractivity contribution in [3.8, 4) is 0 Å². The van der Waals surface area contributed by atoms with Crippen LogP contribution in [0.2, 0.25) is 0 Å². The molecule has 0 amide bonds. The minimum atomic E-state index is 0.180. The summed E-state index contributed by atoms with van der Waals surface area (Å²) in [6.45, 7) is 2.78. The highest BCUT2D eigenvalue weighted by Crippen LogP contribution is 2.23. The molecule has 0 radical (unpaired) electrons. The molecule has 1 fully saturated rings. The summed E-state index contributed by atoms with van der Waals surface area (Å²) < 4.78 is 6.84. The highest BCUT2D eigenvalue weighted by atomic mass is 32.2. The lowest BCUT2D eigenvalue weighted by Crippen LogP contribution is -2.37. The van der Waals surface area contributed by atoms with Crippen LogP contribution in [-0.2, 0) is 11.8 Å². The number of aromatic nitrogens is 7. The van der Waals surface area contributed by atoms with E-state index in [0.717, 1.165) is 13.1 Å². The lowest BCUT2D eigenvalue weighted by atomic mass is 10.4. The predicted octanol–water partition coefficient (Wildman–Crippen LogP) is -1.03. The Kier molecular flexibility index (Phi) is 3.60. The molecule has 3 rings (SSSR count). The Labute approximate surface area is 118 Å². The predicted molar refractivity (Wildman–Crippen MR) is 70.2 cm³/mol. The van der Waals surface area contributed by atoms with Crippen molar-refractivity contribution in [2.45, 2.75) is 10.3 Å². The number of ether oxygens (including phenoxy) is 1. The van der Waals surface area contributed by atoms with Crippen molar-refractivity contribution in [1.29, 1.82) is 0 Å². The molecule has 106 valence electrons. The van der Waals surface area contributed by atoms with Crippen molar-refractivity contribution >= 4 is 23.7 Å². The van der Waals surface area contributed by atoms with E-state index >= 15 is 0 Å². The van der Waals surface area contributed by atoms with Gasteiger partial charge < -0.3 is 15.4 Å². The normalized spacial score (nSPS) is 15.6. The number of nitrogens with zero attached hydrogens (tertiary/aromatic N) is 8. The minimum absolute atomic E-state index is 0.180. The van der Waals surface area contributed by atoms with E-state index in [4.69, 9.17) is 10.5 Å². The Balaban J connectivity index is 1.84. The van der Waals surface area contributed by atoms with Gasteiger partial charge in [-0.15, -0.1) is 5.10 Å². The van der Waals surface area contributed by atoms with Gasteiger partial charge in [-0.1, -0.05) is 0 Å². The molecule has 0 spiro atoms. The second kappa shape index (κ2) is 5.54. The average molecular weight is 295 g/mol. The zero-order chi connectivity index (χ0) is 13.9. The van der Waals surface area contributed by atoms with Crippen molar-refractivity contribution < 1.29 is 4.74 Å². The Morgan fingerprint density at radius 3 is 2.70 bits per heavy atom. The zero-order valence-corrected chi connectivity index (χ0v) is 11.6. The van der Waals surface area contributed by atoms with Gasteiger partial charge in [-0.05, 0) is 22.2 Å². The summed E-state index contributed by atoms with van der Waals surface area (Å²) in [5, 5.41) is 12.2. The van der Waals surface area contributed by atoms with Gasteiger partial charge in [0.05, 0.1) is 13.2 Å². The number of morpholine rings is 1. The summed E-state index contributed by atoms with van der Waals surface area (Å²) in [5.41, 5.74) is 5.74. The van der Waals surface area contributed by atoms with Gasteiger partial charge in [-0.3, -0.25) is 0 Å². The summed E-state index contributed by atoms with van der Waals surface area (Å²) >= 11 is 1.24. The van der Waals surface area contributed by atoms with Crippen LogP contribution < -0.4 is 10.6 Å². The van der Waals surface area contributed by atoms with Crippen LogP contribution in [0.1, 0.15) is 0 Å². The summed E-state index contributed by atoms with van der Waals surface area (Å²) in [4.78, 5) is 14.7. The largest absolute Gasteiger partial charge is 0.378 e. The van der Waals surface area contributed by atoms with Crippen LogP contribution in [-0.4, -0.2) is 61.5 Å². The Morgan fingerprint density at radius 2 is 2.00 bits per heavy atom. The molecule has 0 saturated carbocycles. The molecular weight excluding hydrogens is 282 g/mol. The SMILES string of the molecule is Cn1nnnc1Sc1nc(N)nc(N2CCOCC2)n1. The molecule has 1 aliphatic rings. The van der Waals surface area contributed by atoms with Crippen molar-refractivity contribution in [3.63, 3.8) is 0 Å². The van der Waals surface area contributed by atoms with Gasteiger partial charge in [0, 0.05) is 20.1 Å². The lowest BCUT2D eigenvalue weighted by Gasteiger charge is -2.26. The molecule has 0 bridgehead atoms. The molecule has 20 heavy (non-hydrogen) atoms. The Morgan fingerprint density at radius 1 is 1.20 bits per heavy atom. The first-order valence-electron chi connectivity index (χ1n) is 5.97. The molecule has 2 N–H and O–H groups in total. The quantitative estimate of drug-likeness (QED) is 0.751. The van der Waals surface area contributed by atoms with Crippen molar-refractivity contribution in [2.24, 2.45) is 7.05 Å². The first kappa shape index (κ1) is 13.0. The van der Waals surface area contributed by atoms with Gasteiger partial charge in [0.15, 0.2) is 0 Å².